The van der Waals surface area contributed by atoms with E-state index in [0.717, 1.165) is 0 Å². The van der Waals surface area contributed by atoms with E-state index in [1.165, 1.54) is 7.11 Å². The number of ether oxygens (including phenoxy) is 2. The number of halogens is 1. The average Bonchev–Trinajstić information content (AvgIpc) is 2.35. The lowest BCUT2D eigenvalue weighted by atomic mass is 10.2. The Labute approximate surface area is 106 Å². The summed E-state index contributed by atoms with van der Waals surface area (Å²) in [6, 6.07) is 6.73. The summed E-state index contributed by atoms with van der Waals surface area (Å²) in [5.41, 5.74) is 0.310. The molecule has 0 aliphatic heterocycles. The predicted octanol–water partition coefficient (Wildman–Crippen LogP) is 1.98. The molecule has 0 heterocycles. The van der Waals surface area contributed by atoms with Gasteiger partial charge < -0.3 is 9.47 Å². The van der Waals surface area contributed by atoms with Gasteiger partial charge >= 0.3 is 5.97 Å². The van der Waals surface area contributed by atoms with Gasteiger partial charge in [-0.2, -0.15) is 0 Å². The van der Waals surface area contributed by atoms with Crippen LogP contribution in [0.15, 0.2) is 24.3 Å². The Morgan fingerprint density at radius 2 is 1.94 bits per heavy atom. The molecule has 0 spiro atoms. The van der Waals surface area contributed by atoms with E-state index >= 15 is 0 Å². The number of hydrogen-bond donors (Lipinski definition) is 0. The molecule has 0 aliphatic carbocycles. The van der Waals surface area contributed by atoms with Crippen LogP contribution in [0.1, 0.15) is 10.4 Å². The van der Waals surface area contributed by atoms with Gasteiger partial charge in [-0.05, 0) is 38.4 Å². The molecule has 0 fully saturated rings. The lowest BCUT2D eigenvalue weighted by molar-refractivity contribution is 0.0600. The lowest BCUT2D eigenvalue weighted by Crippen LogP contribution is -2.28. The largest absolute Gasteiger partial charge is 0.491 e. The van der Waals surface area contributed by atoms with Gasteiger partial charge in [0.15, 0.2) is 0 Å². The van der Waals surface area contributed by atoms with E-state index in [4.69, 9.17) is 16.3 Å². The smallest absolute Gasteiger partial charge is 0.337 e. The Balaban J connectivity index is 2.54. The Hall–Kier alpha value is -1.26. The molecule has 94 valence electrons. The maximum Gasteiger partial charge on any atom is 0.337 e. The van der Waals surface area contributed by atoms with Gasteiger partial charge in [-0.25, -0.2) is 4.79 Å². The highest BCUT2D eigenvalue weighted by Crippen LogP contribution is 2.14. The zero-order valence-corrected chi connectivity index (χ0v) is 10.9. The molecule has 1 atom stereocenters. The van der Waals surface area contributed by atoms with E-state index in [1.807, 2.05) is 19.0 Å². The molecule has 1 aromatic rings. The summed E-state index contributed by atoms with van der Waals surface area (Å²) < 4.78 is 10.1. The van der Waals surface area contributed by atoms with Crippen molar-refractivity contribution in [2.24, 2.45) is 0 Å². The van der Waals surface area contributed by atoms with Gasteiger partial charge in [-0.3, -0.25) is 4.90 Å². The third-order valence-corrected chi connectivity index (χ3v) is 2.74. The van der Waals surface area contributed by atoms with Crippen LogP contribution >= 0.6 is 11.6 Å². The minimum atomic E-state index is -0.361. The summed E-state index contributed by atoms with van der Waals surface area (Å²) >= 11 is 6.00. The molecular formula is C12H16ClNO3. The Morgan fingerprint density at radius 3 is 2.41 bits per heavy atom. The van der Waals surface area contributed by atoms with Gasteiger partial charge in [-0.1, -0.05) is 0 Å². The van der Waals surface area contributed by atoms with Crippen molar-refractivity contribution < 1.29 is 14.3 Å². The van der Waals surface area contributed by atoms with Gasteiger partial charge in [0.1, 0.15) is 17.9 Å². The van der Waals surface area contributed by atoms with Crippen molar-refractivity contribution in [2.75, 3.05) is 27.8 Å². The molecule has 0 saturated carbocycles. The summed E-state index contributed by atoms with van der Waals surface area (Å²) in [4.78, 5) is 13.0. The number of methoxy groups -OCH3 is 1. The first-order valence-electron chi connectivity index (χ1n) is 5.16. The van der Waals surface area contributed by atoms with Crippen LogP contribution < -0.4 is 4.74 Å². The Morgan fingerprint density at radius 1 is 1.35 bits per heavy atom. The highest BCUT2D eigenvalue weighted by atomic mass is 35.5. The van der Waals surface area contributed by atoms with Crippen LogP contribution in [-0.4, -0.2) is 44.2 Å². The minimum Gasteiger partial charge on any atom is -0.491 e. The molecule has 0 saturated heterocycles. The number of nitrogens with zero attached hydrogens (tertiary/aromatic N) is 1. The van der Waals surface area contributed by atoms with Crippen LogP contribution in [0, 0.1) is 0 Å². The SMILES string of the molecule is COC(=O)c1ccc(OCC(Cl)N(C)C)cc1. The van der Waals surface area contributed by atoms with Crippen molar-refractivity contribution in [2.45, 2.75) is 5.50 Å². The summed E-state index contributed by atoms with van der Waals surface area (Å²) in [7, 11) is 5.10. The zero-order valence-electron chi connectivity index (χ0n) is 10.1. The number of rotatable bonds is 5. The molecule has 17 heavy (non-hydrogen) atoms. The number of likely N-dealkylation sites (N-methyl/N-ethyl adjacent to an activating group) is 1. The molecule has 0 N–H and O–H groups in total. The maximum absolute atomic E-state index is 11.2. The van der Waals surface area contributed by atoms with Crippen LogP contribution in [0.4, 0.5) is 0 Å². The second kappa shape index (κ2) is 6.47. The highest BCUT2D eigenvalue weighted by Gasteiger charge is 2.08. The van der Waals surface area contributed by atoms with E-state index in [-0.39, 0.29) is 11.5 Å². The zero-order chi connectivity index (χ0) is 12.8. The molecule has 4 nitrogen and oxygen atoms in total. The van der Waals surface area contributed by atoms with Crippen molar-refractivity contribution in [1.29, 1.82) is 0 Å². The Kier molecular flexibility index (Phi) is 5.25. The second-order valence-electron chi connectivity index (χ2n) is 3.73. The van der Waals surface area contributed by atoms with Gasteiger partial charge in [0.05, 0.1) is 12.7 Å². The van der Waals surface area contributed by atoms with E-state index in [2.05, 4.69) is 4.74 Å². The first-order valence-corrected chi connectivity index (χ1v) is 5.60. The predicted molar refractivity (Wildman–Crippen MR) is 66.6 cm³/mol. The summed E-state index contributed by atoms with van der Waals surface area (Å²) in [6.07, 6.45) is 0. The topological polar surface area (TPSA) is 38.8 Å². The van der Waals surface area contributed by atoms with E-state index in [0.29, 0.717) is 17.9 Å². The molecule has 1 unspecified atom stereocenters. The summed E-state index contributed by atoms with van der Waals surface area (Å²) in [5, 5.41) is 0. The summed E-state index contributed by atoms with van der Waals surface area (Å²) in [5.74, 6) is 0.310. The van der Waals surface area contributed by atoms with Crippen LogP contribution in [-0.2, 0) is 4.74 Å². The number of carbonyl (C=O) groups excluding carboxylic acids is 1. The highest BCUT2D eigenvalue weighted by molar-refractivity contribution is 6.20. The normalized spacial score (nSPS) is 12.3. The van der Waals surface area contributed by atoms with Crippen LogP contribution in [0.3, 0.4) is 0 Å². The third-order valence-electron chi connectivity index (χ3n) is 2.22. The third kappa shape index (κ3) is 4.24. The van der Waals surface area contributed by atoms with E-state index < -0.39 is 0 Å². The van der Waals surface area contributed by atoms with Crippen molar-refractivity contribution in [3.05, 3.63) is 29.8 Å². The van der Waals surface area contributed by atoms with Crippen LogP contribution in [0.5, 0.6) is 5.75 Å². The van der Waals surface area contributed by atoms with Crippen molar-refractivity contribution in [1.82, 2.24) is 4.90 Å². The molecule has 0 amide bonds. The molecule has 0 bridgehead atoms. The molecule has 0 aromatic heterocycles. The summed E-state index contributed by atoms with van der Waals surface area (Å²) in [6.45, 7) is 0.381. The van der Waals surface area contributed by atoms with Crippen molar-refractivity contribution in [3.8, 4) is 5.75 Å². The first-order chi connectivity index (χ1) is 8.04. The number of carbonyl (C=O) groups is 1. The van der Waals surface area contributed by atoms with Crippen LogP contribution in [0.25, 0.3) is 0 Å². The fourth-order valence-corrected chi connectivity index (χ4v) is 1.18. The number of alkyl halides is 1. The van der Waals surface area contributed by atoms with Gasteiger partial charge in [0.2, 0.25) is 0 Å². The van der Waals surface area contributed by atoms with E-state index in [1.54, 1.807) is 24.3 Å². The molecule has 1 rings (SSSR count). The van der Waals surface area contributed by atoms with Crippen molar-refractivity contribution in [3.63, 3.8) is 0 Å². The molecule has 5 heteroatoms. The molecule has 0 aliphatic rings. The minimum absolute atomic E-state index is 0.185. The first kappa shape index (κ1) is 13.8. The van der Waals surface area contributed by atoms with Gasteiger partial charge in [-0.15, -0.1) is 11.6 Å². The van der Waals surface area contributed by atoms with Gasteiger partial charge in [0, 0.05) is 0 Å². The molecular weight excluding hydrogens is 242 g/mol. The molecule has 1 aromatic carbocycles. The number of esters is 1. The lowest BCUT2D eigenvalue weighted by Gasteiger charge is -2.17. The fourth-order valence-electron chi connectivity index (χ4n) is 1.12. The standard InChI is InChI=1S/C12H16ClNO3/c1-14(2)11(13)8-17-10-6-4-9(5-7-10)12(15)16-3/h4-7,11H,8H2,1-3H3. The fraction of sp³-hybridized carbons (Fsp3) is 0.417. The van der Waals surface area contributed by atoms with Crippen LogP contribution in [0.2, 0.25) is 0 Å². The van der Waals surface area contributed by atoms with Gasteiger partial charge in [0.25, 0.3) is 0 Å². The molecule has 0 radical (unpaired) electrons. The van der Waals surface area contributed by atoms with E-state index in [9.17, 15) is 4.79 Å². The van der Waals surface area contributed by atoms with Crippen molar-refractivity contribution >= 4 is 17.6 Å². The monoisotopic (exact) mass is 257 g/mol. The second-order valence-corrected chi connectivity index (χ2v) is 4.23. The average molecular weight is 258 g/mol. The number of benzene rings is 1. The number of hydrogen-bond acceptors (Lipinski definition) is 4. The quantitative estimate of drug-likeness (QED) is 0.459. The Bertz CT molecular complexity index is 365. The maximum atomic E-state index is 11.2.